The number of pyridine rings is 1. The second-order valence-corrected chi connectivity index (χ2v) is 7.63. The van der Waals surface area contributed by atoms with E-state index in [1.165, 1.54) is 23.5 Å². The number of halogens is 3. The Hall–Kier alpha value is -2.15. The van der Waals surface area contributed by atoms with Crippen molar-refractivity contribution in [3.05, 3.63) is 74.7 Å². The Morgan fingerprint density at radius 3 is 2.81 bits per heavy atom. The minimum Gasteiger partial charge on any atom is -0.357 e. The molecule has 3 aromatic heterocycles. The molecule has 0 spiro atoms. The highest BCUT2D eigenvalue weighted by Gasteiger charge is 2.13. The molecule has 0 saturated heterocycles. The first-order chi connectivity index (χ1) is 12.6. The number of fused-ring (bicyclic) bond motifs is 1. The minimum atomic E-state index is -0.248. The average Bonchev–Trinajstić information content (AvgIpc) is 3.18. The third-order valence-corrected chi connectivity index (χ3v) is 5.59. The summed E-state index contributed by atoms with van der Waals surface area (Å²) in [4.78, 5) is 12.7. The van der Waals surface area contributed by atoms with E-state index in [-0.39, 0.29) is 5.82 Å². The van der Waals surface area contributed by atoms with Crippen molar-refractivity contribution in [1.29, 1.82) is 0 Å². The molecular weight excluding hydrogens is 394 g/mol. The van der Waals surface area contributed by atoms with E-state index >= 15 is 0 Å². The van der Waals surface area contributed by atoms with Gasteiger partial charge in [-0.15, -0.1) is 11.3 Å². The first-order valence-electron chi connectivity index (χ1n) is 7.83. The first kappa shape index (κ1) is 17.3. The molecule has 0 aliphatic rings. The molecule has 4 rings (SSSR count). The zero-order valence-electron chi connectivity index (χ0n) is 13.4. The maximum atomic E-state index is 13.0. The number of hydrogen-bond acceptors (Lipinski definition) is 4. The average molecular weight is 407 g/mol. The number of aromatic amines is 1. The van der Waals surface area contributed by atoms with Gasteiger partial charge in [0.05, 0.1) is 9.90 Å². The number of anilines is 1. The van der Waals surface area contributed by atoms with Crippen LogP contribution < -0.4 is 5.32 Å². The Labute approximate surface area is 163 Å². The molecule has 0 saturated carbocycles. The summed E-state index contributed by atoms with van der Waals surface area (Å²) in [7, 11) is 0. The Balaban J connectivity index is 1.50. The van der Waals surface area contributed by atoms with Crippen molar-refractivity contribution in [3.63, 3.8) is 0 Å². The minimum absolute atomic E-state index is 0.248. The quantitative estimate of drug-likeness (QED) is 0.448. The van der Waals surface area contributed by atoms with Crippen molar-refractivity contribution in [2.45, 2.75) is 13.0 Å². The molecule has 1 aromatic carbocycles. The summed E-state index contributed by atoms with van der Waals surface area (Å²) in [6, 6.07) is 8.24. The molecule has 0 atom stereocenters. The zero-order chi connectivity index (χ0) is 18.1. The van der Waals surface area contributed by atoms with E-state index in [4.69, 9.17) is 23.2 Å². The topological polar surface area (TPSA) is 53.6 Å². The molecule has 2 N–H and O–H groups in total. The van der Waals surface area contributed by atoms with E-state index in [1.54, 1.807) is 18.3 Å². The summed E-state index contributed by atoms with van der Waals surface area (Å²) < 4.78 is 13.0. The second-order valence-electron chi connectivity index (χ2n) is 5.75. The van der Waals surface area contributed by atoms with Gasteiger partial charge in [-0.2, -0.15) is 0 Å². The number of nitrogens with one attached hydrogen (secondary N) is 2. The van der Waals surface area contributed by atoms with Crippen molar-refractivity contribution in [3.8, 4) is 0 Å². The number of nitrogens with zero attached hydrogens (tertiary/aromatic N) is 2. The standard InChI is InChI=1S/C18H13Cl2FN4S/c19-12-6-14-11(8-22-17(14)23-9-12)5-15-16(20)25-18(26-15)24-7-10-1-3-13(21)4-2-10/h1-4,6,8-9H,5,7H2,(H,22,23)(H,24,25). The molecule has 26 heavy (non-hydrogen) atoms. The number of benzene rings is 1. The van der Waals surface area contributed by atoms with Gasteiger partial charge in [0.1, 0.15) is 16.6 Å². The van der Waals surface area contributed by atoms with Gasteiger partial charge in [0.25, 0.3) is 0 Å². The van der Waals surface area contributed by atoms with Crippen LogP contribution in [0.2, 0.25) is 10.2 Å². The lowest BCUT2D eigenvalue weighted by molar-refractivity contribution is 0.627. The Morgan fingerprint density at radius 1 is 1.19 bits per heavy atom. The van der Waals surface area contributed by atoms with Crippen LogP contribution >= 0.6 is 34.5 Å². The zero-order valence-corrected chi connectivity index (χ0v) is 15.7. The van der Waals surface area contributed by atoms with Gasteiger partial charge < -0.3 is 10.3 Å². The van der Waals surface area contributed by atoms with Gasteiger partial charge in [0.2, 0.25) is 0 Å². The molecule has 4 aromatic rings. The van der Waals surface area contributed by atoms with Gasteiger partial charge in [-0.25, -0.2) is 14.4 Å². The van der Waals surface area contributed by atoms with E-state index in [0.29, 0.717) is 23.1 Å². The number of rotatable bonds is 5. The molecule has 0 amide bonds. The predicted molar refractivity (Wildman–Crippen MR) is 105 cm³/mol. The van der Waals surface area contributed by atoms with Gasteiger partial charge in [-0.3, -0.25) is 0 Å². The molecule has 0 bridgehead atoms. The van der Waals surface area contributed by atoms with Crippen LogP contribution in [0.5, 0.6) is 0 Å². The number of H-pyrrole nitrogens is 1. The Morgan fingerprint density at radius 2 is 2.00 bits per heavy atom. The molecule has 0 aliphatic heterocycles. The predicted octanol–water partition coefficient (Wildman–Crippen LogP) is 5.67. The highest BCUT2D eigenvalue weighted by Crippen LogP contribution is 2.31. The number of hydrogen-bond donors (Lipinski definition) is 2. The largest absolute Gasteiger partial charge is 0.357 e. The highest BCUT2D eigenvalue weighted by molar-refractivity contribution is 7.16. The van der Waals surface area contributed by atoms with E-state index in [1.807, 2.05) is 12.3 Å². The molecular formula is C18H13Cl2FN4S. The van der Waals surface area contributed by atoms with Gasteiger partial charge in [-0.05, 0) is 29.3 Å². The molecule has 8 heteroatoms. The van der Waals surface area contributed by atoms with Gasteiger partial charge in [0.15, 0.2) is 5.13 Å². The smallest absolute Gasteiger partial charge is 0.184 e. The summed E-state index contributed by atoms with van der Waals surface area (Å²) in [6.07, 6.45) is 4.16. The molecule has 0 radical (unpaired) electrons. The summed E-state index contributed by atoms with van der Waals surface area (Å²) in [6.45, 7) is 0.552. The maximum Gasteiger partial charge on any atom is 0.184 e. The molecule has 3 heterocycles. The second kappa shape index (κ2) is 7.23. The lowest BCUT2D eigenvalue weighted by Crippen LogP contribution is -1.98. The summed E-state index contributed by atoms with van der Waals surface area (Å²) >= 11 is 13.9. The lowest BCUT2D eigenvalue weighted by atomic mass is 10.1. The van der Waals surface area contributed by atoms with Crippen LogP contribution in [0.15, 0.2) is 42.7 Å². The Bertz CT molecular complexity index is 1060. The summed E-state index contributed by atoms with van der Waals surface area (Å²) in [5.74, 6) is -0.248. The fourth-order valence-electron chi connectivity index (χ4n) is 2.65. The van der Waals surface area contributed by atoms with Crippen molar-refractivity contribution >= 4 is 50.7 Å². The van der Waals surface area contributed by atoms with Crippen molar-refractivity contribution in [2.24, 2.45) is 0 Å². The molecule has 0 aliphatic carbocycles. The van der Waals surface area contributed by atoms with E-state index in [2.05, 4.69) is 20.3 Å². The monoisotopic (exact) mass is 406 g/mol. The van der Waals surface area contributed by atoms with E-state index < -0.39 is 0 Å². The Kier molecular flexibility index (Phi) is 4.80. The van der Waals surface area contributed by atoms with Crippen LogP contribution in [0.3, 0.4) is 0 Å². The number of aromatic nitrogens is 3. The van der Waals surface area contributed by atoms with Crippen molar-refractivity contribution in [1.82, 2.24) is 15.0 Å². The first-order valence-corrected chi connectivity index (χ1v) is 9.41. The lowest BCUT2D eigenvalue weighted by Gasteiger charge is -2.02. The maximum absolute atomic E-state index is 13.0. The number of thiazole rings is 1. The molecule has 4 nitrogen and oxygen atoms in total. The van der Waals surface area contributed by atoms with Crippen LogP contribution in [0.25, 0.3) is 11.0 Å². The van der Waals surface area contributed by atoms with Gasteiger partial charge in [-0.1, -0.05) is 35.3 Å². The van der Waals surface area contributed by atoms with Crippen LogP contribution in [0.1, 0.15) is 16.0 Å². The fourth-order valence-corrected chi connectivity index (χ4v) is 4.00. The molecule has 0 unspecified atom stereocenters. The van der Waals surface area contributed by atoms with Crippen LogP contribution in [-0.2, 0) is 13.0 Å². The SMILES string of the molecule is Fc1ccc(CNc2nc(Cl)c(Cc3c[nH]c4ncc(Cl)cc34)s2)cc1. The molecule has 132 valence electrons. The summed E-state index contributed by atoms with van der Waals surface area (Å²) in [5, 5.41) is 5.99. The van der Waals surface area contributed by atoms with E-state index in [0.717, 1.165) is 32.2 Å². The van der Waals surface area contributed by atoms with Crippen LogP contribution in [-0.4, -0.2) is 15.0 Å². The van der Waals surface area contributed by atoms with Crippen molar-refractivity contribution in [2.75, 3.05) is 5.32 Å². The van der Waals surface area contributed by atoms with Crippen LogP contribution in [0.4, 0.5) is 9.52 Å². The molecule has 0 fully saturated rings. The van der Waals surface area contributed by atoms with E-state index in [9.17, 15) is 4.39 Å². The third-order valence-electron chi connectivity index (χ3n) is 3.94. The van der Waals surface area contributed by atoms with Gasteiger partial charge >= 0.3 is 0 Å². The van der Waals surface area contributed by atoms with Crippen LogP contribution in [0, 0.1) is 5.82 Å². The van der Waals surface area contributed by atoms with Crippen molar-refractivity contribution < 1.29 is 4.39 Å². The normalized spacial score (nSPS) is 11.2. The van der Waals surface area contributed by atoms with Gasteiger partial charge in [0, 0.05) is 30.7 Å². The summed E-state index contributed by atoms with van der Waals surface area (Å²) in [5.41, 5.74) is 2.82. The third kappa shape index (κ3) is 3.67. The highest BCUT2D eigenvalue weighted by atomic mass is 35.5. The fraction of sp³-hybridized carbons (Fsp3) is 0.111.